The molecule has 2 heterocycles. The average Bonchev–Trinajstić information content (AvgIpc) is 3.12. The first-order chi connectivity index (χ1) is 13.9. The van der Waals surface area contributed by atoms with Gasteiger partial charge in [-0.15, -0.1) is 0 Å². The van der Waals surface area contributed by atoms with Gasteiger partial charge in [0, 0.05) is 36.6 Å². The molecule has 4 rings (SSSR count). The van der Waals surface area contributed by atoms with Crippen LogP contribution in [0.15, 0.2) is 59.4 Å². The van der Waals surface area contributed by atoms with E-state index in [0.717, 1.165) is 23.4 Å². The maximum Gasteiger partial charge on any atom is 0.280 e. The molecule has 7 nitrogen and oxygen atoms in total. The van der Waals surface area contributed by atoms with Crippen LogP contribution in [0.2, 0.25) is 0 Å². The highest BCUT2D eigenvalue weighted by Crippen LogP contribution is 2.30. The zero-order valence-corrected chi connectivity index (χ0v) is 16.2. The van der Waals surface area contributed by atoms with E-state index in [9.17, 15) is 14.4 Å². The molecule has 1 aliphatic rings. The van der Waals surface area contributed by atoms with E-state index in [2.05, 4.69) is 10.4 Å². The van der Waals surface area contributed by atoms with Crippen LogP contribution in [0.4, 0.5) is 11.4 Å². The number of benzene rings is 2. The minimum absolute atomic E-state index is 0.00847. The van der Waals surface area contributed by atoms with E-state index in [1.807, 2.05) is 42.5 Å². The highest BCUT2D eigenvalue weighted by atomic mass is 16.2. The van der Waals surface area contributed by atoms with Crippen LogP contribution < -0.4 is 15.6 Å². The first-order valence-corrected chi connectivity index (χ1v) is 9.33. The second kappa shape index (κ2) is 7.35. The highest BCUT2D eigenvalue weighted by molar-refractivity contribution is 6.03. The molecule has 0 unspecified atom stereocenters. The van der Waals surface area contributed by atoms with E-state index in [4.69, 9.17) is 0 Å². The van der Waals surface area contributed by atoms with Gasteiger partial charge in [0.1, 0.15) is 0 Å². The van der Waals surface area contributed by atoms with Crippen LogP contribution in [0.25, 0.3) is 5.69 Å². The van der Waals surface area contributed by atoms with Crippen molar-refractivity contribution < 1.29 is 9.59 Å². The molecule has 2 aromatic carbocycles. The molecule has 0 saturated carbocycles. The third-order valence-electron chi connectivity index (χ3n) is 4.94. The van der Waals surface area contributed by atoms with E-state index in [1.54, 1.807) is 22.6 Å². The molecule has 0 saturated heterocycles. The molecule has 1 aliphatic heterocycles. The summed E-state index contributed by atoms with van der Waals surface area (Å²) in [6.45, 7) is 3.93. The summed E-state index contributed by atoms with van der Waals surface area (Å²) in [6, 6.07) is 16.1. The van der Waals surface area contributed by atoms with Gasteiger partial charge in [-0.05, 0) is 49.2 Å². The summed E-state index contributed by atoms with van der Waals surface area (Å²) >= 11 is 0. The number of amides is 2. The Hall–Kier alpha value is -3.74. The van der Waals surface area contributed by atoms with E-state index >= 15 is 0 Å². The molecule has 7 heteroatoms. The SMILES string of the molecule is CC(=O)N1CCc2cc(NC(=O)c3nn(-c4ccccc4)c(C)cc3=O)ccc21. The van der Waals surface area contributed by atoms with Gasteiger partial charge >= 0.3 is 0 Å². The number of hydrogen-bond acceptors (Lipinski definition) is 4. The van der Waals surface area contributed by atoms with Gasteiger partial charge in [0.05, 0.1) is 5.69 Å². The number of hydrogen-bond donors (Lipinski definition) is 1. The third kappa shape index (κ3) is 3.54. The molecule has 146 valence electrons. The van der Waals surface area contributed by atoms with E-state index in [1.165, 1.54) is 13.0 Å². The minimum atomic E-state index is -0.568. The Bertz CT molecular complexity index is 1170. The van der Waals surface area contributed by atoms with Crippen molar-refractivity contribution in [1.82, 2.24) is 9.78 Å². The van der Waals surface area contributed by atoms with Crippen molar-refractivity contribution in [3.8, 4) is 5.69 Å². The molecule has 0 bridgehead atoms. The molecule has 3 aromatic rings. The van der Waals surface area contributed by atoms with Crippen molar-refractivity contribution in [2.45, 2.75) is 20.3 Å². The number of carbonyl (C=O) groups is 2. The second-order valence-corrected chi connectivity index (χ2v) is 6.96. The molecule has 1 aromatic heterocycles. The summed E-state index contributed by atoms with van der Waals surface area (Å²) in [5.41, 5.74) is 3.20. The fourth-order valence-electron chi connectivity index (χ4n) is 3.53. The number of nitrogens with one attached hydrogen (secondary N) is 1. The highest BCUT2D eigenvalue weighted by Gasteiger charge is 2.23. The predicted molar refractivity (Wildman–Crippen MR) is 111 cm³/mol. The van der Waals surface area contributed by atoms with Gasteiger partial charge in [0.15, 0.2) is 5.69 Å². The predicted octanol–water partition coefficient (Wildman–Crippen LogP) is 2.70. The topological polar surface area (TPSA) is 84.3 Å². The molecule has 0 atom stereocenters. The van der Waals surface area contributed by atoms with Gasteiger partial charge in [0.2, 0.25) is 11.3 Å². The lowest BCUT2D eigenvalue weighted by Crippen LogP contribution is -2.27. The molecule has 29 heavy (non-hydrogen) atoms. The molecule has 2 amide bonds. The Morgan fingerprint density at radius 1 is 1.07 bits per heavy atom. The summed E-state index contributed by atoms with van der Waals surface area (Å²) in [6.07, 6.45) is 0.724. The molecule has 1 N–H and O–H groups in total. The lowest BCUT2D eigenvalue weighted by molar-refractivity contribution is -0.116. The van der Waals surface area contributed by atoms with Gasteiger partial charge in [-0.3, -0.25) is 14.4 Å². The Balaban J connectivity index is 1.63. The van der Waals surface area contributed by atoms with Crippen LogP contribution in [-0.4, -0.2) is 28.1 Å². The number of nitrogens with zero attached hydrogens (tertiary/aromatic N) is 3. The number of anilines is 2. The molecule has 0 aliphatic carbocycles. The van der Waals surface area contributed by atoms with Gasteiger partial charge in [-0.25, -0.2) is 4.68 Å². The normalized spacial score (nSPS) is 12.6. The summed E-state index contributed by atoms with van der Waals surface area (Å²) in [5.74, 6) is -0.577. The summed E-state index contributed by atoms with van der Waals surface area (Å²) < 4.78 is 1.57. The van der Waals surface area contributed by atoms with Crippen molar-refractivity contribution in [1.29, 1.82) is 0 Å². The number of para-hydroxylation sites is 1. The van der Waals surface area contributed by atoms with Crippen LogP contribution in [0.5, 0.6) is 0 Å². The Morgan fingerprint density at radius 2 is 1.83 bits per heavy atom. The van der Waals surface area contributed by atoms with Gasteiger partial charge < -0.3 is 10.2 Å². The number of carbonyl (C=O) groups excluding carboxylic acids is 2. The third-order valence-corrected chi connectivity index (χ3v) is 4.94. The first-order valence-electron chi connectivity index (χ1n) is 9.33. The zero-order valence-electron chi connectivity index (χ0n) is 16.2. The monoisotopic (exact) mass is 388 g/mol. The zero-order chi connectivity index (χ0) is 20.5. The number of rotatable bonds is 3. The number of aromatic nitrogens is 2. The first kappa shape index (κ1) is 18.6. The Morgan fingerprint density at radius 3 is 2.55 bits per heavy atom. The fourth-order valence-corrected chi connectivity index (χ4v) is 3.53. The van der Waals surface area contributed by atoms with Crippen LogP contribution in [0.3, 0.4) is 0 Å². The number of aryl methyl sites for hydroxylation is 1. The van der Waals surface area contributed by atoms with Crippen molar-refractivity contribution in [3.63, 3.8) is 0 Å². The lowest BCUT2D eigenvalue weighted by atomic mass is 10.1. The van der Waals surface area contributed by atoms with Crippen molar-refractivity contribution in [3.05, 3.63) is 81.8 Å². The quantitative estimate of drug-likeness (QED) is 0.748. The van der Waals surface area contributed by atoms with Crippen molar-refractivity contribution in [2.24, 2.45) is 0 Å². The van der Waals surface area contributed by atoms with Crippen molar-refractivity contribution in [2.75, 3.05) is 16.8 Å². The molecular weight excluding hydrogens is 368 g/mol. The Kier molecular flexibility index (Phi) is 4.72. The van der Waals surface area contributed by atoms with Crippen LogP contribution >= 0.6 is 0 Å². The lowest BCUT2D eigenvalue weighted by Gasteiger charge is -2.15. The average molecular weight is 388 g/mol. The Labute approximate surface area is 167 Å². The van der Waals surface area contributed by atoms with E-state index in [0.29, 0.717) is 17.9 Å². The summed E-state index contributed by atoms with van der Waals surface area (Å²) in [7, 11) is 0. The van der Waals surface area contributed by atoms with Gasteiger partial charge in [-0.1, -0.05) is 18.2 Å². The van der Waals surface area contributed by atoms with Gasteiger partial charge in [-0.2, -0.15) is 5.10 Å². The van der Waals surface area contributed by atoms with Crippen LogP contribution in [0.1, 0.15) is 28.7 Å². The van der Waals surface area contributed by atoms with Crippen LogP contribution in [0, 0.1) is 6.92 Å². The van der Waals surface area contributed by atoms with E-state index < -0.39 is 11.3 Å². The van der Waals surface area contributed by atoms with Crippen LogP contribution in [-0.2, 0) is 11.2 Å². The number of fused-ring (bicyclic) bond motifs is 1. The van der Waals surface area contributed by atoms with E-state index in [-0.39, 0.29) is 11.6 Å². The second-order valence-electron chi connectivity index (χ2n) is 6.96. The van der Waals surface area contributed by atoms with Gasteiger partial charge in [0.25, 0.3) is 5.91 Å². The van der Waals surface area contributed by atoms with Crippen molar-refractivity contribution >= 4 is 23.2 Å². The molecule has 0 fully saturated rings. The fraction of sp³-hybridized carbons (Fsp3) is 0.182. The summed E-state index contributed by atoms with van der Waals surface area (Å²) in [4.78, 5) is 38.5. The maximum absolute atomic E-state index is 12.8. The summed E-state index contributed by atoms with van der Waals surface area (Å²) in [5, 5.41) is 7.04. The largest absolute Gasteiger partial charge is 0.320 e. The standard InChI is InChI=1S/C22H20N4O3/c1-14-12-20(28)21(24-26(14)18-6-4-3-5-7-18)22(29)23-17-8-9-19-16(13-17)10-11-25(19)15(2)27/h3-9,12-13H,10-11H2,1-2H3,(H,23,29). The molecule has 0 spiro atoms. The maximum atomic E-state index is 12.8. The minimum Gasteiger partial charge on any atom is -0.320 e. The molecular formula is C22H20N4O3. The molecule has 0 radical (unpaired) electrons. The smallest absolute Gasteiger partial charge is 0.280 e.